The molecule has 5 heterocycles. The summed E-state index contributed by atoms with van der Waals surface area (Å²) in [5.41, 5.74) is 2.39. The van der Waals surface area contributed by atoms with Crippen LogP contribution < -0.4 is 10.2 Å². The number of hydrogen-bond acceptors (Lipinski definition) is 7. The highest BCUT2D eigenvalue weighted by Gasteiger charge is 2.36. The minimum absolute atomic E-state index is 0.269. The van der Waals surface area contributed by atoms with E-state index in [1.54, 1.807) is 16.9 Å². The molecular formula is C22H25FN8. The second-order valence-electron chi connectivity index (χ2n) is 8.26. The lowest BCUT2D eigenvalue weighted by Gasteiger charge is -2.32. The molecule has 1 N–H and O–H groups in total. The molecule has 0 spiro atoms. The van der Waals surface area contributed by atoms with Gasteiger partial charge in [-0.05, 0) is 38.8 Å². The molecule has 0 saturated carbocycles. The summed E-state index contributed by atoms with van der Waals surface area (Å²) in [6.07, 6.45) is 10.5. The standard InChI is InChI=1S/C22H25FN8/c1-15-13-19(25-14-24-15)30-11-7-16(8-12-30)27-21-28-20-17(5-4-10-31(20)29-21)18-6-3-9-26-22(18,2)23/h3-6,9-10,13-14,16,18H,7-8,11-12H2,1-2H3,(H,27,29). The van der Waals surface area contributed by atoms with E-state index in [0.717, 1.165) is 43.0 Å². The highest BCUT2D eigenvalue weighted by atomic mass is 19.1. The minimum atomic E-state index is -1.71. The summed E-state index contributed by atoms with van der Waals surface area (Å²) in [7, 11) is 0. The van der Waals surface area contributed by atoms with E-state index in [-0.39, 0.29) is 6.04 Å². The number of pyridine rings is 1. The summed E-state index contributed by atoms with van der Waals surface area (Å²) in [5, 5.41) is 8.03. The van der Waals surface area contributed by atoms with E-state index in [0.29, 0.717) is 11.6 Å². The summed E-state index contributed by atoms with van der Waals surface area (Å²) < 4.78 is 16.7. The highest BCUT2D eigenvalue weighted by Crippen LogP contribution is 2.37. The number of halogens is 1. The third-order valence-corrected chi connectivity index (χ3v) is 5.95. The van der Waals surface area contributed by atoms with Crippen molar-refractivity contribution in [2.75, 3.05) is 23.3 Å². The lowest BCUT2D eigenvalue weighted by atomic mass is 9.89. The number of aliphatic imine (C=N–C) groups is 1. The van der Waals surface area contributed by atoms with E-state index in [4.69, 9.17) is 4.98 Å². The van der Waals surface area contributed by atoms with E-state index in [2.05, 4.69) is 30.3 Å². The lowest BCUT2D eigenvalue weighted by molar-refractivity contribution is 0.180. The van der Waals surface area contributed by atoms with Crippen molar-refractivity contribution in [2.24, 2.45) is 4.99 Å². The molecule has 0 radical (unpaired) electrons. The molecule has 1 saturated heterocycles. The Labute approximate surface area is 180 Å². The Morgan fingerprint density at radius 1 is 1.23 bits per heavy atom. The van der Waals surface area contributed by atoms with Crippen LogP contribution in [0.15, 0.2) is 47.9 Å². The topological polar surface area (TPSA) is 83.6 Å². The van der Waals surface area contributed by atoms with Gasteiger partial charge < -0.3 is 10.2 Å². The third-order valence-electron chi connectivity index (χ3n) is 5.95. The molecule has 0 aromatic carbocycles. The van der Waals surface area contributed by atoms with E-state index >= 15 is 0 Å². The van der Waals surface area contributed by atoms with Crippen molar-refractivity contribution in [3.8, 4) is 0 Å². The van der Waals surface area contributed by atoms with Gasteiger partial charge in [0.25, 0.3) is 0 Å². The van der Waals surface area contributed by atoms with Crippen LogP contribution >= 0.6 is 0 Å². The fraction of sp³-hybridized carbons (Fsp3) is 0.409. The van der Waals surface area contributed by atoms with Crippen LogP contribution in [0.1, 0.15) is 36.9 Å². The molecule has 0 aliphatic carbocycles. The van der Waals surface area contributed by atoms with E-state index in [9.17, 15) is 4.39 Å². The third kappa shape index (κ3) is 3.87. The number of allylic oxidation sites excluding steroid dienone is 1. The van der Waals surface area contributed by atoms with Gasteiger partial charge in [0.1, 0.15) is 12.1 Å². The van der Waals surface area contributed by atoms with Gasteiger partial charge in [-0.2, -0.15) is 4.98 Å². The summed E-state index contributed by atoms with van der Waals surface area (Å²) in [6.45, 7) is 5.27. The number of fused-ring (bicyclic) bond motifs is 1. The average molecular weight is 420 g/mol. The van der Waals surface area contributed by atoms with Crippen LogP contribution in [0.25, 0.3) is 5.65 Å². The van der Waals surface area contributed by atoms with Crippen LogP contribution in [0.4, 0.5) is 16.2 Å². The second kappa shape index (κ2) is 7.72. The highest BCUT2D eigenvalue weighted by molar-refractivity contribution is 5.74. The fourth-order valence-electron chi connectivity index (χ4n) is 4.27. The zero-order valence-electron chi connectivity index (χ0n) is 17.6. The first-order chi connectivity index (χ1) is 15.0. The Morgan fingerprint density at radius 3 is 2.84 bits per heavy atom. The molecule has 2 aliphatic rings. The van der Waals surface area contributed by atoms with Gasteiger partial charge in [0.2, 0.25) is 11.7 Å². The monoisotopic (exact) mass is 420 g/mol. The Balaban J connectivity index is 1.31. The molecule has 3 aromatic heterocycles. The summed E-state index contributed by atoms with van der Waals surface area (Å²) in [5.74, 6) is -0.674. The molecule has 5 rings (SSSR count). The number of piperidine rings is 1. The molecular weight excluding hydrogens is 395 g/mol. The molecule has 160 valence electrons. The fourth-order valence-corrected chi connectivity index (χ4v) is 4.27. The molecule has 31 heavy (non-hydrogen) atoms. The molecule has 2 aliphatic heterocycles. The smallest absolute Gasteiger partial charge is 0.243 e. The summed E-state index contributed by atoms with van der Waals surface area (Å²) in [4.78, 5) is 19.5. The van der Waals surface area contributed by atoms with Gasteiger partial charge in [0.05, 0.1) is 5.92 Å². The number of aryl methyl sites for hydroxylation is 1. The second-order valence-corrected chi connectivity index (χ2v) is 8.26. The maximum atomic E-state index is 15.0. The van der Waals surface area contributed by atoms with Crippen LogP contribution in [0.5, 0.6) is 0 Å². The normalized spacial score (nSPS) is 24.1. The number of anilines is 2. The number of aromatic nitrogens is 5. The first-order valence-corrected chi connectivity index (χ1v) is 10.6. The van der Waals surface area contributed by atoms with E-state index < -0.39 is 11.7 Å². The number of nitrogens with one attached hydrogen (secondary N) is 1. The zero-order valence-corrected chi connectivity index (χ0v) is 17.6. The van der Waals surface area contributed by atoms with Crippen molar-refractivity contribution in [2.45, 2.75) is 44.4 Å². The van der Waals surface area contributed by atoms with Gasteiger partial charge in [0, 0.05) is 48.9 Å². The molecule has 1 fully saturated rings. The van der Waals surface area contributed by atoms with Crippen LogP contribution in [0, 0.1) is 6.92 Å². The van der Waals surface area contributed by atoms with Crippen LogP contribution in [0.2, 0.25) is 0 Å². The Morgan fingerprint density at radius 2 is 2.06 bits per heavy atom. The predicted octanol–water partition coefficient (Wildman–Crippen LogP) is 3.32. The van der Waals surface area contributed by atoms with Crippen LogP contribution in [-0.4, -0.2) is 55.7 Å². The maximum Gasteiger partial charge on any atom is 0.243 e. The quantitative estimate of drug-likeness (QED) is 0.652. The largest absolute Gasteiger partial charge is 0.356 e. The lowest BCUT2D eigenvalue weighted by Crippen LogP contribution is -2.39. The van der Waals surface area contributed by atoms with Crippen molar-refractivity contribution >= 4 is 23.6 Å². The number of alkyl halides is 1. The van der Waals surface area contributed by atoms with Gasteiger partial charge in [-0.1, -0.05) is 12.1 Å². The van der Waals surface area contributed by atoms with E-state index in [1.807, 2.05) is 37.4 Å². The number of hydrogen-bond donors (Lipinski definition) is 1. The van der Waals surface area contributed by atoms with Crippen LogP contribution in [-0.2, 0) is 0 Å². The van der Waals surface area contributed by atoms with Gasteiger partial charge in [0.15, 0.2) is 5.65 Å². The van der Waals surface area contributed by atoms with Crippen molar-refractivity contribution in [3.05, 3.63) is 54.1 Å². The maximum absolute atomic E-state index is 15.0. The van der Waals surface area contributed by atoms with Crippen molar-refractivity contribution in [1.29, 1.82) is 0 Å². The van der Waals surface area contributed by atoms with Gasteiger partial charge in [-0.3, -0.25) is 4.99 Å². The summed E-state index contributed by atoms with van der Waals surface area (Å²) >= 11 is 0. The number of rotatable bonds is 4. The molecule has 0 amide bonds. The Hall–Kier alpha value is -3.36. The number of nitrogens with zero attached hydrogens (tertiary/aromatic N) is 7. The predicted molar refractivity (Wildman–Crippen MR) is 118 cm³/mol. The molecule has 8 nitrogen and oxygen atoms in total. The van der Waals surface area contributed by atoms with Crippen molar-refractivity contribution in [1.82, 2.24) is 24.6 Å². The van der Waals surface area contributed by atoms with Crippen molar-refractivity contribution in [3.63, 3.8) is 0 Å². The molecule has 9 heteroatoms. The summed E-state index contributed by atoms with van der Waals surface area (Å²) in [6, 6.07) is 6.04. The number of dihydropyridines is 1. The first kappa shape index (κ1) is 19.6. The first-order valence-electron chi connectivity index (χ1n) is 10.6. The van der Waals surface area contributed by atoms with E-state index in [1.165, 1.54) is 13.1 Å². The van der Waals surface area contributed by atoms with Crippen LogP contribution in [0.3, 0.4) is 0 Å². The van der Waals surface area contributed by atoms with Crippen molar-refractivity contribution < 1.29 is 4.39 Å². The Bertz CT molecular complexity index is 1140. The zero-order chi connectivity index (χ0) is 21.4. The van der Waals surface area contributed by atoms with Gasteiger partial charge in [-0.25, -0.2) is 18.9 Å². The van der Waals surface area contributed by atoms with Gasteiger partial charge >= 0.3 is 0 Å². The molecule has 2 unspecified atom stereocenters. The minimum Gasteiger partial charge on any atom is -0.356 e. The molecule has 3 aromatic rings. The Kier molecular flexibility index (Phi) is 4.88. The molecule has 2 atom stereocenters. The molecule has 0 bridgehead atoms. The SMILES string of the molecule is Cc1cc(N2CCC(Nc3nc4c(C5C=CC=NC5(C)F)cccn4n3)CC2)ncn1. The average Bonchev–Trinajstić information content (AvgIpc) is 3.17. The van der Waals surface area contributed by atoms with Gasteiger partial charge in [-0.15, -0.1) is 5.10 Å².